The Labute approximate surface area is 70.3 Å². The van der Waals surface area contributed by atoms with E-state index in [1.165, 1.54) is 0 Å². The number of aliphatic hydroxyl groups is 1. The third kappa shape index (κ3) is 2.62. The average Bonchev–Trinajstić information content (AvgIpc) is 2.03. The number of carboxylic acids is 1. The molecule has 2 N–H and O–H groups in total. The van der Waals surface area contributed by atoms with Crippen molar-refractivity contribution >= 4 is 5.97 Å². The van der Waals surface area contributed by atoms with Crippen LogP contribution in [0.1, 0.15) is 12.8 Å². The van der Waals surface area contributed by atoms with E-state index in [9.17, 15) is 4.79 Å². The molecule has 0 aliphatic heterocycles. The highest BCUT2D eigenvalue weighted by atomic mass is 16.4. The normalized spacial score (nSPS) is 17.3. The predicted octanol–water partition coefficient (Wildman–Crippen LogP) is 1.79. The molecule has 1 aliphatic rings. The highest BCUT2D eigenvalue weighted by molar-refractivity contribution is 5.80. The minimum absolute atomic E-state index is 0.350. The second kappa shape index (κ2) is 3.76. The first-order valence-electron chi connectivity index (χ1n) is 3.66. The summed E-state index contributed by atoms with van der Waals surface area (Å²) in [6, 6.07) is 0. The molecule has 0 spiro atoms. The molecule has 1 aliphatic carbocycles. The lowest BCUT2D eigenvalue weighted by Crippen LogP contribution is -1.91. The van der Waals surface area contributed by atoms with Crippen LogP contribution in [-0.4, -0.2) is 16.2 Å². The van der Waals surface area contributed by atoms with E-state index in [1.807, 2.05) is 6.08 Å². The fourth-order valence-corrected chi connectivity index (χ4v) is 0.952. The van der Waals surface area contributed by atoms with Gasteiger partial charge in [0.05, 0.1) is 5.76 Å². The zero-order valence-corrected chi connectivity index (χ0v) is 6.53. The topological polar surface area (TPSA) is 57.5 Å². The van der Waals surface area contributed by atoms with Gasteiger partial charge in [0.1, 0.15) is 0 Å². The van der Waals surface area contributed by atoms with Crippen LogP contribution in [0, 0.1) is 0 Å². The summed E-state index contributed by atoms with van der Waals surface area (Å²) in [7, 11) is 0. The van der Waals surface area contributed by atoms with Crippen LogP contribution in [0.15, 0.2) is 35.6 Å². The number of carboxylic acid groups (broad SMARTS) is 1. The van der Waals surface area contributed by atoms with E-state index < -0.39 is 5.97 Å². The molecule has 0 unspecified atom stereocenters. The molecule has 0 aromatic heterocycles. The van der Waals surface area contributed by atoms with Crippen LogP contribution in [0.3, 0.4) is 0 Å². The van der Waals surface area contributed by atoms with Crippen LogP contribution in [0.2, 0.25) is 0 Å². The van der Waals surface area contributed by atoms with Gasteiger partial charge < -0.3 is 10.2 Å². The van der Waals surface area contributed by atoms with Gasteiger partial charge in [0, 0.05) is 12.5 Å². The Kier molecular flexibility index (Phi) is 2.69. The number of aliphatic hydroxyl groups excluding tert-OH is 1. The van der Waals surface area contributed by atoms with Crippen LogP contribution in [0.4, 0.5) is 0 Å². The molecule has 0 saturated heterocycles. The van der Waals surface area contributed by atoms with Crippen molar-refractivity contribution in [2.75, 3.05) is 0 Å². The first kappa shape index (κ1) is 8.59. The summed E-state index contributed by atoms with van der Waals surface area (Å²) in [5.41, 5.74) is 0.926. The standard InChI is InChI=1S/C9H10O3/c10-8-4-1-7(2-5-8)3-6-9(11)12/h1,3,5-6,10H,2,4H2,(H,11,12)/b6-3+. The van der Waals surface area contributed by atoms with Crippen molar-refractivity contribution < 1.29 is 15.0 Å². The summed E-state index contributed by atoms with van der Waals surface area (Å²) in [5.74, 6) is -0.600. The summed E-state index contributed by atoms with van der Waals surface area (Å²) in [6.07, 6.45) is 7.25. The van der Waals surface area contributed by atoms with Gasteiger partial charge in [0.2, 0.25) is 0 Å². The smallest absolute Gasteiger partial charge is 0.328 e. The second-order valence-electron chi connectivity index (χ2n) is 2.55. The Hall–Kier alpha value is -1.51. The van der Waals surface area contributed by atoms with Gasteiger partial charge in [0.25, 0.3) is 0 Å². The minimum atomic E-state index is -0.949. The lowest BCUT2D eigenvalue weighted by atomic mass is 10.0. The number of hydrogen-bond donors (Lipinski definition) is 2. The monoisotopic (exact) mass is 166 g/mol. The SMILES string of the molecule is O=C(O)/C=C/C1=CCC(O)=CC1. The maximum Gasteiger partial charge on any atom is 0.328 e. The summed E-state index contributed by atoms with van der Waals surface area (Å²) in [4.78, 5) is 10.1. The molecule has 0 aromatic carbocycles. The number of carbonyl (C=O) groups is 1. The van der Waals surface area contributed by atoms with Gasteiger partial charge >= 0.3 is 5.97 Å². The van der Waals surface area contributed by atoms with Crippen LogP contribution in [-0.2, 0) is 4.79 Å². The Balaban J connectivity index is 2.52. The molecule has 64 valence electrons. The predicted molar refractivity (Wildman–Crippen MR) is 44.8 cm³/mol. The first-order valence-corrected chi connectivity index (χ1v) is 3.66. The first-order chi connectivity index (χ1) is 5.68. The van der Waals surface area contributed by atoms with E-state index in [4.69, 9.17) is 10.2 Å². The van der Waals surface area contributed by atoms with Crippen LogP contribution in [0.25, 0.3) is 0 Å². The third-order valence-electron chi connectivity index (χ3n) is 1.59. The molecule has 0 heterocycles. The van der Waals surface area contributed by atoms with Crippen LogP contribution in [0.5, 0.6) is 0 Å². The van der Waals surface area contributed by atoms with E-state index in [-0.39, 0.29) is 0 Å². The molecule has 0 bridgehead atoms. The van der Waals surface area contributed by atoms with E-state index in [1.54, 1.807) is 12.2 Å². The summed E-state index contributed by atoms with van der Waals surface area (Å²) in [6.45, 7) is 0. The van der Waals surface area contributed by atoms with Gasteiger partial charge in [-0.25, -0.2) is 4.79 Å². The fourth-order valence-electron chi connectivity index (χ4n) is 0.952. The lowest BCUT2D eigenvalue weighted by molar-refractivity contribution is -0.131. The van der Waals surface area contributed by atoms with Crippen LogP contribution < -0.4 is 0 Å². The average molecular weight is 166 g/mol. The van der Waals surface area contributed by atoms with Crippen LogP contribution >= 0.6 is 0 Å². The van der Waals surface area contributed by atoms with Crippen molar-refractivity contribution in [3.63, 3.8) is 0 Å². The van der Waals surface area contributed by atoms with Gasteiger partial charge in [-0.2, -0.15) is 0 Å². The highest BCUT2D eigenvalue weighted by Crippen LogP contribution is 2.15. The molecule has 0 atom stereocenters. The Morgan fingerprint density at radius 2 is 2.17 bits per heavy atom. The second-order valence-corrected chi connectivity index (χ2v) is 2.55. The van der Waals surface area contributed by atoms with E-state index in [0.717, 1.165) is 11.6 Å². The van der Waals surface area contributed by atoms with E-state index in [2.05, 4.69) is 0 Å². The molecule has 0 saturated carbocycles. The molecule has 0 amide bonds. The number of hydrogen-bond acceptors (Lipinski definition) is 2. The molecule has 1 rings (SSSR count). The highest BCUT2D eigenvalue weighted by Gasteiger charge is 2.00. The van der Waals surface area contributed by atoms with Crippen molar-refractivity contribution in [2.45, 2.75) is 12.8 Å². The van der Waals surface area contributed by atoms with Crippen molar-refractivity contribution in [1.29, 1.82) is 0 Å². The van der Waals surface area contributed by atoms with Gasteiger partial charge in [-0.05, 0) is 18.1 Å². The molecule has 3 nitrogen and oxygen atoms in total. The van der Waals surface area contributed by atoms with Gasteiger partial charge in [-0.15, -0.1) is 0 Å². The number of rotatable bonds is 2. The van der Waals surface area contributed by atoms with Gasteiger partial charge in [-0.1, -0.05) is 12.2 Å². The zero-order valence-electron chi connectivity index (χ0n) is 6.53. The Morgan fingerprint density at radius 3 is 2.67 bits per heavy atom. The Bertz CT molecular complexity index is 271. The third-order valence-corrected chi connectivity index (χ3v) is 1.59. The molecule has 0 fully saturated rings. The molecule has 12 heavy (non-hydrogen) atoms. The molecular weight excluding hydrogens is 156 g/mol. The van der Waals surface area contributed by atoms with Gasteiger partial charge in [-0.3, -0.25) is 0 Å². The largest absolute Gasteiger partial charge is 0.512 e. The Morgan fingerprint density at radius 1 is 1.42 bits per heavy atom. The van der Waals surface area contributed by atoms with Crippen molar-refractivity contribution in [2.24, 2.45) is 0 Å². The van der Waals surface area contributed by atoms with Crippen molar-refractivity contribution in [1.82, 2.24) is 0 Å². The summed E-state index contributed by atoms with van der Waals surface area (Å²) in [5, 5.41) is 17.3. The molecule has 0 radical (unpaired) electrons. The molecular formula is C9H10O3. The maximum atomic E-state index is 10.1. The zero-order chi connectivity index (χ0) is 8.97. The number of aliphatic carboxylic acids is 1. The number of allylic oxidation sites excluding steroid dienone is 4. The maximum absolute atomic E-state index is 10.1. The summed E-state index contributed by atoms with van der Waals surface area (Å²) >= 11 is 0. The van der Waals surface area contributed by atoms with Crippen molar-refractivity contribution in [3.05, 3.63) is 35.6 Å². The van der Waals surface area contributed by atoms with Crippen molar-refractivity contribution in [3.8, 4) is 0 Å². The van der Waals surface area contributed by atoms with Gasteiger partial charge in [0.15, 0.2) is 0 Å². The van der Waals surface area contributed by atoms with E-state index >= 15 is 0 Å². The summed E-state index contributed by atoms with van der Waals surface area (Å²) < 4.78 is 0. The molecule has 0 aromatic rings. The molecule has 3 heteroatoms. The minimum Gasteiger partial charge on any atom is -0.512 e. The quantitative estimate of drug-likeness (QED) is 0.615. The van der Waals surface area contributed by atoms with E-state index in [0.29, 0.717) is 18.6 Å². The fraction of sp³-hybridized carbons (Fsp3) is 0.222. The lowest BCUT2D eigenvalue weighted by Gasteiger charge is -2.05.